The van der Waals surface area contributed by atoms with Crippen molar-refractivity contribution in [1.82, 2.24) is 9.62 Å². The highest BCUT2D eigenvalue weighted by molar-refractivity contribution is 7.89. The minimum Gasteiger partial charge on any atom is -0.312 e. The van der Waals surface area contributed by atoms with Crippen molar-refractivity contribution in [3.63, 3.8) is 0 Å². The zero-order chi connectivity index (χ0) is 14.9. The Morgan fingerprint density at radius 3 is 2.71 bits per heavy atom. The molecule has 6 heteroatoms. The van der Waals surface area contributed by atoms with E-state index in [4.69, 9.17) is 5.26 Å². The second-order valence-electron chi connectivity index (χ2n) is 5.76. The van der Waals surface area contributed by atoms with Gasteiger partial charge in [-0.25, -0.2) is 8.42 Å². The Balaban J connectivity index is 1.79. The Bertz CT molecular complexity index is 634. The molecule has 0 unspecified atom stereocenters. The highest BCUT2D eigenvalue weighted by Crippen LogP contribution is 2.29. The second-order valence-corrected chi connectivity index (χ2v) is 7.70. The molecule has 0 radical (unpaired) electrons. The molecule has 3 rings (SSSR count). The van der Waals surface area contributed by atoms with Gasteiger partial charge in [-0.15, -0.1) is 0 Å². The second kappa shape index (κ2) is 5.76. The predicted octanol–water partition coefficient (Wildman–Crippen LogP) is 1.13. The van der Waals surface area contributed by atoms with Gasteiger partial charge >= 0.3 is 0 Å². The summed E-state index contributed by atoms with van der Waals surface area (Å²) in [5, 5.41) is 12.1. The zero-order valence-electron chi connectivity index (χ0n) is 11.8. The van der Waals surface area contributed by atoms with Crippen LogP contribution in [0.1, 0.15) is 18.4 Å². The van der Waals surface area contributed by atoms with Gasteiger partial charge in [0.1, 0.15) is 0 Å². The van der Waals surface area contributed by atoms with Gasteiger partial charge in [-0.3, -0.25) is 0 Å². The third-order valence-electron chi connectivity index (χ3n) is 4.41. The van der Waals surface area contributed by atoms with Gasteiger partial charge in [-0.05, 0) is 43.0 Å². The topological polar surface area (TPSA) is 73.2 Å². The maximum atomic E-state index is 12.7. The van der Waals surface area contributed by atoms with Gasteiger partial charge in [0, 0.05) is 19.1 Å². The van der Waals surface area contributed by atoms with Gasteiger partial charge in [0.15, 0.2) is 0 Å². The maximum Gasteiger partial charge on any atom is 0.243 e. The van der Waals surface area contributed by atoms with Crippen LogP contribution in [0.25, 0.3) is 0 Å². The molecule has 0 amide bonds. The van der Waals surface area contributed by atoms with Crippen molar-refractivity contribution in [1.29, 1.82) is 5.26 Å². The van der Waals surface area contributed by atoms with Gasteiger partial charge in [-0.2, -0.15) is 9.57 Å². The molecular formula is C15H19N3O2S. The van der Waals surface area contributed by atoms with Crippen LogP contribution in [0.2, 0.25) is 0 Å². The first-order valence-corrected chi connectivity index (χ1v) is 8.74. The molecule has 0 bridgehead atoms. The number of rotatable bonds is 3. The summed E-state index contributed by atoms with van der Waals surface area (Å²) in [6.45, 7) is 2.16. The fourth-order valence-corrected chi connectivity index (χ4v) is 4.75. The van der Waals surface area contributed by atoms with Crippen LogP contribution in [-0.2, 0) is 16.4 Å². The van der Waals surface area contributed by atoms with Crippen molar-refractivity contribution in [2.24, 2.45) is 5.92 Å². The molecule has 1 N–H and O–H groups in total. The van der Waals surface area contributed by atoms with Crippen LogP contribution in [-0.4, -0.2) is 38.4 Å². The van der Waals surface area contributed by atoms with E-state index in [0.717, 1.165) is 24.9 Å². The van der Waals surface area contributed by atoms with Gasteiger partial charge < -0.3 is 5.32 Å². The van der Waals surface area contributed by atoms with Crippen molar-refractivity contribution in [3.05, 3.63) is 29.8 Å². The summed E-state index contributed by atoms with van der Waals surface area (Å²) in [5.74, 6) is 0.436. The molecule has 1 aromatic carbocycles. The van der Waals surface area contributed by atoms with E-state index in [1.807, 2.05) is 0 Å². The number of hydrogen-bond donors (Lipinski definition) is 1. The average Bonchev–Trinajstić information content (AvgIpc) is 2.93. The Morgan fingerprint density at radius 1 is 1.29 bits per heavy atom. The van der Waals surface area contributed by atoms with Crippen LogP contribution in [0.4, 0.5) is 0 Å². The first kappa shape index (κ1) is 14.5. The Morgan fingerprint density at radius 2 is 2.05 bits per heavy atom. The number of piperidine rings is 1. The molecule has 5 nitrogen and oxygen atoms in total. The summed E-state index contributed by atoms with van der Waals surface area (Å²) in [5.41, 5.74) is 0.841. The lowest BCUT2D eigenvalue weighted by molar-refractivity contribution is 0.339. The van der Waals surface area contributed by atoms with E-state index < -0.39 is 10.0 Å². The van der Waals surface area contributed by atoms with E-state index in [1.165, 1.54) is 0 Å². The smallest absolute Gasteiger partial charge is 0.243 e. The van der Waals surface area contributed by atoms with E-state index >= 15 is 0 Å². The van der Waals surface area contributed by atoms with E-state index in [2.05, 4.69) is 11.4 Å². The SMILES string of the molecule is N#CCc1ccc(S(=O)(=O)N2C[C@@H]3CCCN[C@@H]3C2)cc1. The van der Waals surface area contributed by atoms with Crippen LogP contribution >= 0.6 is 0 Å². The van der Waals surface area contributed by atoms with E-state index in [1.54, 1.807) is 28.6 Å². The lowest BCUT2D eigenvalue weighted by Gasteiger charge is -2.24. The normalized spacial score (nSPS) is 26.2. The number of sulfonamides is 1. The molecule has 0 spiro atoms. The lowest BCUT2D eigenvalue weighted by Crippen LogP contribution is -2.41. The van der Waals surface area contributed by atoms with Crippen LogP contribution in [0.15, 0.2) is 29.2 Å². The molecule has 2 fully saturated rings. The predicted molar refractivity (Wildman–Crippen MR) is 79.0 cm³/mol. The molecular weight excluding hydrogens is 286 g/mol. The molecule has 0 aliphatic carbocycles. The minimum atomic E-state index is -3.42. The van der Waals surface area contributed by atoms with Crippen LogP contribution < -0.4 is 5.32 Å². The Hall–Kier alpha value is -1.42. The molecule has 1 aromatic rings. The minimum absolute atomic E-state index is 0.298. The zero-order valence-corrected chi connectivity index (χ0v) is 12.6. The first-order chi connectivity index (χ1) is 10.1. The molecule has 2 atom stereocenters. The first-order valence-electron chi connectivity index (χ1n) is 7.30. The average molecular weight is 305 g/mol. The highest BCUT2D eigenvalue weighted by Gasteiger charge is 2.40. The summed E-state index contributed by atoms with van der Waals surface area (Å²) in [7, 11) is -3.42. The van der Waals surface area contributed by atoms with Crippen molar-refractivity contribution >= 4 is 10.0 Å². The van der Waals surface area contributed by atoms with Gasteiger partial charge in [0.2, 0.25) is 10.0 Å². The Kier molecular flexibility index (Phi) is 3.98. The van der Waals surface area contributed by atoms with Crippen molar-refractivity contribution in [2.75, 3.05) is 19.6 Å². The maximum absolute atomic E-state index is 12.7. The fraction of sp³-hybridized carbons (Fsp3) is 0.533. The third kappa shape index (κ3) is 2.82. The number of fused-ring (bicyclic) bond motifs is 1. The standard InChI is InChI=1S/C15H19N3O2S/c16-8-7-12-3-5-14(6-4-12)21(19,20)18-10-13-2-1-9-17-15(13)11-18/h3-6,13,15,17H,1-2,7,9-11H2/t13-,15+/m0/s1. The van der Waals surface area contributed by atoms with Crippen molar-refractivity contribution in [3.8, 4) is 6.07 Å². The van der Waals surface area contributed by atoms with E-state index in [-0.39, 0.29) is 0 Å². The van der Waals surface area contributed by atoms with Gasteiger partial charge in [-0.1, -0.05) is 12.1 Å². The number of hydrogen-bond acceptors (Lipinski definition) is 4. The van der Waals surface area contributed by atoms with Gasteiger partial charge in [0.05, 0.1) is 17.4 Å². The van der Waals surface area contributed by atoms with Crippen LogP contribution in [0.3, 0.4) is 0 Å². The highest BCUT2D eigenvalue weighted by atomic mass is 32.2. The third-order valence-corrected chi connectivity index (χ3v) is 6.26. The largest absolute Gasteiger partial charge is 0.312 e. The summed E-state index contributed by atoms with van der Waals surface area (Å²) in [6.07, 6.45) is 2.53. The van der Waals surface area contributed by atoms with Crippen molar-refractivity contribution in [2.45, 2.75) is 30.2 Å². The summed E-state index contributed by atoms with van der Waals surface area (Å²) in [6, 6.07) is 9.02. The molecule has 0 saturated carbocycles. The molecule has 2 aliphatic heterocycles. The van der Waals surface area contributed by atoms with Gasteiger partial charge in [0.25, 0.3) is 0 Å². The summed E-state index contributed by atoms with van der Waals surface area (Å²) in [4.78, 5) is 0.322. The number of benzene rings is 1. The molecule has 2 heterocycles. The number of nitrogens with one attached hydrogen (secondary N) is 1. The summed E-state index contributed by atoms with van der Waals surface area (Å²) >= 11 is 0. The molecule has 2 saturated heterocycles. The van der Waals surface area contributed by atoms with Crippen LogP contribution in [0, 0.1) is 17.2 Å². The molecule has 0 aromatic heterocycles. The molecule has 112 valence electrons. The summed E-state index contributed by atoms with van der Waals surface area (Å²) < 4.78 is 27.0. The molecule has 2 aliphatic rings. The Labute approximate surface area is 125 Å². The van der Waals surface area contributed by atoms with E-state index in [9.17, 15) is 8.42 Å². The quantitative estimate of drug-likeness (QED) is 0.908. The lowest BCUT2D eigenvalue weighted by atomic mass is 9.94. The number of nitriles is 1. The number of nitrogens with zero attached hydrogens (tertiary/aromatic N) is 2. The monoisotopic (exact) mass is 305 g/mol. The van der Waals surface area contributed by atoms with Crippen molar-refractivity contribution < 1.29 is 8.42 Å². The molecule has 21 heavy (non-hydrogen) atoms. The van der Waals surface area contributed by atoms with Crippen LogP contribution in [0.5, 0.6) is 0 Å². The fourth-order valence-electron chi connectivity index (χ4n) is 3.22. The van der Waals surface area contributed by atoms with E-state index in [0.29, 0.717) is 36.4 Å².